The zero-order chi connectivity index (χ0) is 18.8. The molecule has 0 radical (unpaired) electrons. The maximum atomic E-state index is 13.7. The Morgan fingerprint density at radius 1 is 1.19 bits per heavy atom. The first-order valence-electron chi connectivity index (χ1n) is 8.31. The number of rotatable bonds is 5. The smallest absolute Gasteiger partial charge is 0.318 e. The minimum atomic E-state index is -0.586. The molecule has 3 rings (SSSR count). The van der Waals surface area contributed by atoms with Crippen LogP contribution in [0.25, 0.3) is 0 Å². The van der Waals surface area contributed by atoms with Gasteiger partial charge >= 0.3 is 6.03 Å². The summed E-state index contributed by atoms with van der Waals surface area (Å²) >= 11 is 11.8. The third kappa shape index (κ3) is 4.46. The van der Waals surface area contributed by atoms with Crippen LogP contribution in [-0.2, 0) is 6.54 Å². The Morgan fingerprint density at radius 2 is 1.85 bits per heavy atom. The summed E-state index contributed by atoms with van der Waals surface area (Å²) in [4.78, 5) is 14.4. The van der Waals surface area contributed by atoms with E-state index in [0.29, 0.717) is 17.1 Å². The van der Waals surface area contributed by atoms with Crippen LogP contribution in [0.3, 0.4) is 0 Å². The molecule has 1 aliphatic carbocycles. The highest BCUT2D eigenvalue weighted by Crippen LogP contribution is 2.31. The van der Waals surface area contributed by atoms with Gasteiger partial charge in [0.2, 0.25) is 0 Å². The Hall–Kier alpha value is -1.85. The van der Waals surface area contributed by atoms with Crippen LogP contribution in [0.5, 0.6) is 0 Å². The van der Waals surface area contributed by atoms with Crippen molar-refractivity contribution in [2.45, 2.75) is 38.4 Å². The fourth-order valence-corrected chi connectivity index (χ4v) is 3.30. The molecule has 2 amide bonds. The third-order valence-electron chi connectivity index (χ3n) is 4.36. The molecule has 1 aliphatic rings. The fraction of sp³-hybridized carbons (Fsp3) is 0.316. The molecule has 26 heavy (non-hydrogen) atoms. The van der Waals surface area contributed by atoms with Crippen molar-refractivity contribution in [3.05, 3.63) is 69.2 Å². The molecule has 0 heterocycles. The van der Waals surface area contributed by atoms with Gasteiger partial charge in [0.1, 0.15) is 11.6 Å². The lowest BCUT2D eigenvalue weighted by molar-refractivity contribution is 0.188. The quantitative estimate of drug-likeness (QED) is 0.642. The number of carbonyl (C=O) groups excluding carboxylic acids is 1. The number of amides is 2. The molecule has 7 heteroatoms. The minimum Gasteiger partial charge on any atom is -0.331 e. The van der Waals surface area contributed by atoms with Crippen molar-refractivity contribution in [1.82, 2.24) is 10.2 Å². The van der Waals surface area contributed by atoms with Crippen LogP contribution in [0, 0.1) is 11.6 Å². The van der Waals surface area contributed by atoms with Gasteiger partial charge in [-0.3, -0.25) is 0 Å². The van der Waals surface area contributed by atoms with Crippen LogP contribution in [0.15, 0.2) is 36.4 Å². The number of benzene rings is 2. The van der Waals surface area contributed by atoms with E-state index in [0.717, 1.165) is 18.4 Å². The van der Waals surface area contributed by atoms with Gasteiger partial charge in [-0.15, -0.1) is 0 Å². The number of nitrogens with zero attached hydrogens (tertiary/aromatic N) is 1. The van der Waals surface area contributed by atoms with Gasteiger partial charge in [0.15, 0.2) is 0 Å². The first-order chi connectivity index (χ1) is 12.3. The van der Waals surface area contributed by atoms with Crippen molar-refractivity contribution in [2.24, 2.45) is 0 Å². The number of urea groups is 1. The second-order valence-electron chi connectivity index (χ2n) is 6.44. The predicted molar refractivity (Wildman–Crippen MR) is 98.3 cm³/mol. The summed E-state index contributed by atoms with van der Waals surface area (Å²) < 4.78 is 26.8. The average molecular weight is 399 g/mol. The minimum absolute atomic E-state index is 0.0619. The van der Waals surface area contributed by atoms with Crippen molar-refractivity contribution in [2.75, 3.05) is 0 Å². The van der Waals surface area contributed by atoms with E-state index in [1.165, 1.54) is 24.3 Å². The van der Waals surface area contributed by atoms with E-state index in [-0.39, 0.29) is 22.9 Å². The van der Waals surface area contributed by atoms with Gasteiger partial charge in [-0.2, -0.15) is 0 Å². The third-order valence-corrected chi connectivity index (χ3v) is 4.98. The SMILES string of the molecule is CC(NC(=O)N(Cc1ccc(F)cc1)C1CC1)c1cc(F)c(Cl)cc1Cl. The molecule has 3 nitrogen and oxygen atoms in total. The largest absolute Gasteiger partial charge is 0.331 e. The first kappa shape index (κ1) is 18.9. The second-order valence-corrected chi connectivity index (χ2v) is 7.26. The van der Waals surface area contributed by atoms with Crippen molar-refractivity contribution in [1.29, 1.82) is 0 Å². The zero-order valence-electron chi connectivity index (χ0n) is 14.1. The number of nitrogens with one attached hydrogen (secondary N) is 1. The molecule has 0 aromatic heterocycles. The number of hydrogen-bond donors (Lipinski definition) is 1. The summed E-state index contributed by atoms with van der Waals surface area (Å²) in [5.74, 6) is -0.901. The molecule has 1 saturated carbocycles. The molecular weight excluding hydrogens is 381 g/mol. The highest BCUT2D eigenvalue weighted by molar-refractivity contribution is 6.35. The van der Waals surface area contributed by atoms with Gasteiger partial charge in [0.25, 0.3) is 0 Å². The lowest BCUT2D eigenvalue weighted by atomic mass is 10.1. The molecule has 2 aromatic rings. The summed E-state index contributed by atoms with van der Waals surface area (Å²) in [7, 11) is 0. The van der Waals surface area contributed by atoms with E-state index in [2.05, 4.69) is 5.32 Å². The standard InChI is InChI=1S/C19H18Cl2F2N2O/c1-11(15-8-18(23)17(21)9-16(15)20)24-19(26)25(14-6-7-14)10-12-2-4-13(22)5-3-12/h2-5,8-9,11,14H,6-7,10H2,1H3,(H,24,26). The molecule has 1 N–H and O–H groups in total. The van der Waals surface area contributed by atoms with Crippen molar-refractivity contribution >= 4 is 29.2 Å². The van der Waals surface area contributed by atoms with Crippen molar-refractivity contribution in [3.63, 3.8) is 0 Å². The first-order valence-corrected chi connectivity index (χ1v) is 9.06. The highest BCUT2D eigenvalue weighted by Gasteiger charge is 2.33. The van der Waals surface area contributed by atoms with Crippen LogP contribution in [0.2, 0.25) is 10.0 Å². The van der Waals surface area contributed by atoms with Crippen LogP contribution in [0.4, 0.5) is 13.6 Å². The Labute approximate surface area is 160 Å². The van der Waals surface area contributed by atoms with E-state index < -0.39 is 11.9 Å². The van der Waals surface area contributed by atoms with Crippen molar-refractivity contribution in [3.8, 4) is 0 Å². The molecule has 0 bridgehead atoms. The second kappa shape index (κ2) is 7.80. The fourth-order valence-electron chi connectivity index (χ4n) is 2.76. The molecule has 1 fully saturated rings. The number of hydrogen-bond acceptors (Lipinski definition) is 1. The van der Waals surface area contributed by atoms with Crippen LogP contribution >= 0.6 is 23.2 Å². The zero-order valence-corrected chi connectivity index (χ0v) is 15.6. The maximum absolute atomic E-state index is 13.7. The van der Waals surface area contributed by atoms with Gasteiger partial charge in [-0.1, -0.05) is 35.3 Å². The molecule has 0 saturated heterocycles. The van der Waals surface area contributed by atoms with E-state index in [1.807, 2.05) is 0 Å². The summed E-state index contributed by atoms with van der Waals surface area (Å²) in [5, 5.41) is 3.09. The lowest BCUT2D eigenvalue weighted by Crippen LogP contribution is -2.42. The maximum Gasteiger partial charge on any atom is 0.318 e. The van der Waals surface area contributed by atoms with Crippen LogP contribution in [0.1, 0.15) is 36.9 Å². The molecule has 0 spiro atoms. The normalized spacial score (nSPS) is 14.8. The highest BCUT2D eigenvalue weighted by atomic mass is 35.5. The molecule has 138 valence electrons. The number of halogens is 4. The summed E-state index contributed by atoms with van der Waals surface area (Å²) in [6.45, 7) is 2.11. The van der Waals surface area contributed by atoms with Crippen LogP contribution in [-0.4, -0.2) is 17.0 Å². The topological polar surface area (TPSA) is 32.3 Å². The molecule has 0 aliphatic heterocycles. The van der Waals surface area contributed by atoms with Gasteiger partial charge in [0, 0.05) is 17.6 Å². The Kier molecular flexibility index (Phi) is 5.68. The Bertz CT molecular complexity index is 810. The van der Waals surface area contributed by atoms with E-state index in [9.17, 15) is 13.6 Å². The average Bonchev–Trinajstić information content (AvgIpc) is 3.42. The van der Waals surface area contributed by atoms with Gasteiger partial charge < -0.3 is 10.2 Å². The molecule has 1 unspecified atom stereocenters. The molecule has 1 atom stereocenters. The summed E-state index contributed by atoms with van der Waals surface area (Å²) in [6, 6.07) is 8.02. The van der Waals surface area contributed by atoms with E-state index in [4.69, 9.17) is 23.2 Å². The Morgan fingerprint density at radius 3 is 2.46 bits per heavy atom. The summed E-state index contributed by atoms with van der Waals surface area (Å²) in [6.07, 6.45) is 1.86. The van der Waals surface area contributed by atoms with Gasteiger partial charge in [-0.25, -0.2) is 13.6 Å². The molecule has 2 aromatic carbocycles. The van der Waals surface area contributed by atoms with Gasteiger partial charge in [0.05, 0.1) is 11.1 Å². The Balaban J connectivity index is 1.72. The molecular formula is C19H18Cl2F2N2O. The number of carbonyl (C=O) groups is 1. The summed E-state index contributed by atoms with van der Waals surface area (Å²) in [5.41, 5.74) is 1.30. The predicted octanol–water partition coefficient (Wildman–Crippen LogP) is 5.71. The monoisotopic (exact) mass is 398 g/mol. The van der Waals surface area contributed by atoms with Crippen LogP contribution < -0.4 is 5.32 Å². The van der Waals surface area contributed by atoms with Gasteiger partial charge in [-0.05, 0) is 55.2 Å². The van der Waals surface area contributed by atoms with E-state index >= 15 is 0 Å². The van der Waals surface area contributed by atoms with Crippen molar-refractivity contribution < 1.29 is 13.6 Å². The lowest BCUT2D eigenvalue weighted by Gasteiger charge is -2.26. The van der Waals surface area contributed by atoms with E-state index in [1.54, 1.807) is 24.0 Å².